The van der Waals surface area contributed by atoms with Gasteiger partial charge in [0, 0.05) is 23.1 Å². The van der Waals surface area contributed by atoms with Crippen molar-refractivity contribution in [2.75, 3.05) is 0 Å². The monoisotopic (exact) mass is 335 g/mol. The molecule has 1 fully saturated rings. The fourth-order valence-corrected chi connectivity index (χ4v) is 3.37. The van der Waals surface area contributed by atoms with Crippen LogP contribution in [0.1, 0.15) is 36.8 Å². The van der Waals surface area contributed by atoms with Crippen LogP contribution in [0.15, 0.2) is 24.3 Å². The summed E-state index contributed by atoms with van der Waals surface area (Å²) >= 11 is 0. The third-order valence-electron chi connectivity index (χ3n) is 4.95. The Morgan fingerprint density at radius 3 is 2.72 bits per heavy atom. The van der Waals surface area contributed by atoms with Crippen molar-refractivity contribution in [3.63, 3.8) is 0 Å². The summed E-state index contributed by atoms with van der Waals surface area (Å²) in [4.78, 5) is 4.69. The average molecular weight is 335 g/mol. The number of aromatic amines is 2. The van der Waals surface area contributed by atoms with Crippen LogP contribution >= 0.6 is 0 Å². The highest BCUT2D eigenvalue weighted by atomic mass is 19.1. The molecule has 0 spiro atoms. The predicted octanol–water partition coefficient (Wildman–Crippen LogP) is 2.03. The highest BCUT2D eigenvalue weighted by molar-refractivity contribution is 5.63. The van der Waals surface area contributed by atoms with Gasteiger partial charge in [0.05, 0.1) is 11.0 Å². The molecular weight excluding hydrogens is 317 g/mol. The predicted molar refractivity (Wildman–Crippen MR) is 92.3 cm³/mol. The lowest BCUT2D eigenvalue weighted by Crippen LogP contribution is -2.28. The maximum Gasteiger partial charge on any atom is 0.157 e. The van der Waals surface area contributed by atoms with E-state index in [4.69, 9.17) is 0 Å². The average Bonchev–Trinajstić information content (AvgIpc) is 3.16. The van der Waals surface area contributed by atoms with E-state index in [1.54, 1.807) is 12.1 Å². The first-order chi connectivity index (χ1) is 12.3. The fourth-order valence-electron chi connectivity index (χ4n) is 3.37. The molecule has 25 heavy (non-hydrogen) atoms. The molecule has 0 radical (unpaired) electrons. The van der Waals surface area contributed by atoms with Crippen LogP contribution in [0.4, 0.5) is 4.39 Å². The first-order valence-electron chi connectivity index (χ1n) is 8.70. The Morgan fingerprint density at radius 1 is 1.08 bits per heavy atom. The molecule has 2 heterocycles. The van der Waals surface area contributed by atoms with Crippen molar-refractivity contribution >= 4 is 12.2 Å². The number of hydrogen-bond donors (Lipinski definition) is 2. The second-order valence-corrected chi connectivity index (χ2v) is 6.91. The second-order valence-electron chi connectivity index (χ2n) is 6.91. The molecule has 0 saturated heterocycles. The van der Waals surface area contributed by atoms with Gasteiger partial charge in [-0.2, -0.15) is 10.2 Å². The molecule has 2 aliphatic carbocycles. The zero-order chi connectivity index (χ0) is 16.8. The third-order valence-corrected chi connectivity index (χ3v) is 4.95. The molecule has 2 aliphatic rings. The van der Waals surface area contributed by atoms with Crippen molar-refractivity contribution in [1.29, 1.82) is 0 Å². The van der Waals surface area contributed by atoms with E-state index in [9.17, 15) is 4.39 Å². The molecule has 1 atom stereocenters. The summed E-state index contributed by atoms with van der Waals surface area (Å²) < 4.78 is 13.2. The molecule has 3 aromatic rings. The van der Waals surface area contributed by atoms with Gasteiger partial charge in [0.1, 0.15) is 11.6 Å². The van der Waals surface area contributed by atoms with E-state index in [2.05, 4.69) is 37.5 Å². The molecule has 5 nitrogen and oxygen atoms in total. The molecule has 1 saturated carbocycles. The lowest BCUT2D eigenvalue weighted by molar-refractivity contribution is 0.628. The van der Waals surface area contributed by atoms with Crippen LogP contribution in [0.2, 0.25) is 0 Å². The third kappa shape index (κ3) is 2.77. The molecule has 2 N–H and O–H groups in total. The number of benzene rings is 1. The summed E-state index contributed by atoms with van der Waals surface area (Å²) in [6.07, 6.45) is 8.76. The summed E-state index contributed by atoms with van der Waals surface area (Å²) in [7, 11) is 0. The van der Waals surface area contributed by atoms with Crippen LogP contribution in [0.5, 0.6) is 0 Å². The van der Waals surface area contributed by atoms with Crippen molar-refractivity contribution < 1.29 is 4.39 Å². The quantitative estimate of drug-likeness (QED) is 0.766. The van der Waals surface area contributed by atoms with Crippen molar-refractivity contribution in [2.45, 2.75) is 31.6 Å². The minimum atomic E-state index is -0.245. The van der Waals surface area contributed by atoms with Crippen LogP contribution < -0.4 is 10.6 Å². The molecular formula is C19H18FN5. The van der Waals surface area contributed by atoms with Crippen molar-refractivity contribution in [3.8, 4) is 11.3 Å². The van der Waals surface area contributed by atoms with Crippen LogP contribution in [-0.2, 0) is 6.42 Å². The summed E-state index contributed by atoms with van der Waals surface area (Å²) in [5, 5.41) is 17.0. The minimum Gasteiger partial charge on any atom is -0.278 e. The van der Waals surface area contributed by atoms with E-state index in [0.717, 1.165) is 52.2 Å². The minimum absolute atomic E-state index is 0.133. The molecule has 0 aliphatic heterocycles. The largest absolute Gasteiger partial charge is 0.278 e. The van der Waals surface area contributed by atoms with E-state index in [-0.39, 0.29) is 11.7 Å². The van der Waals surface area contributed by atoms with Crippen LogP contribution in [0.25, 0.3) is 23.4 Å². The Kier molecular flexibility index (Phi) is 3.29. The Labute approximate surface area is 143 Å². The molecule has 1 aromatic carbocycles. The molecule has 2 aromatic heterocycles. The molecule has 0 bridgehead atoms. The summed E-state index contributed by atoms with van der Waals surface area (Å²) in [5.41, 5.74) is 1.73. The van der Waals surface area contributed by atoms with E-state index in [0.29, 0.717) is 0 Å². The van der Waals surface area contributed by atoms with Gasteiger partial charge >= 0.3 is 0 Å². The van der Waals surface area contributed by atoms with Gasteiger partial charge in [0.15, 0.2) is 5.82 Å². The number of H-pyrrole nitrogens is 2. The topological polar surface area (TPSA) is 70.2 Å². The van der Waals surface area contributed by atoms with Crippen LogP contribution in [0, 0.1) is 11.7 Å². The normalized spacial score (nSPS) is 19.2. The van der Waals surface area contributed by atoms with Crippen LogP contribution in [-0.4, -0.2) is 25.4 Å². The number of hydrogen-bond acceptors (Lipinski definition) is 3. The van der Waals surface area contributed by atoms with Gasteiger partial charge < -0.3 is 0 Å². The van der Waals surface area contributed by atoms with Gasteiger partial charge in [-0.3, -0.25) is 10.2 Å². The van der Waals surface area contributed by atoms with E-state index < -0.39 is 0 Å². The maximum absolute atomic E-state index is 13.2. The van der Waals surface area contributed by atoms with Gasteiger partial charge in [-0.25, -0.2) is 9.37 Å². The highest BCUT2D eigenvalue weighted by Crippen LogP contribution is 2.32. The van der Waals surface area contributed by atoms with Gasteiger partial charge in [0.25, 0.3) is 0 Å². The Morgan fingerprint density at radius 2 is 1.92 bits per heavy atom. The highest BCUT2D eigenvalue weighted by Gasteiger charge is 2.24. The fraction of sp³-hybridized carbons (Fsp3) is 0.316. The zero-order valence-corrected chi connectivity index (χ0v) is 13.7. The van der Waals surface area contributed by atoms with E-state index >= 15 is 0 Å². The number of aromatic nitrogens is 5. The summed E-state index contributed by atoms with van der Waals surface area (Å²) in [6, 6.07) is 6.42. The smallest absolute Gasteiger partial charge is 0.157 e. The van der Waals surface area contributed by atoms with E-state index in [1.807, 2.05) is 0 Å². The molecule has 0 amide bonds. The summed E-state index contributed by atoms with van der Waals surface area (Å²) in [6.45, 7) is 0. The lowest BCUT2D eigenvalue weighted by Gasteiger charge is -2.08. The number of fused-ring (bicyclic) bond motifs is 1. The van der Waals surface area contributed by atoms with Crippen LogP contribution in [0.3, 0.4) is 0 Å². The molecule has 5 rings (SSSR count). The van der Waals surface area contributed by atoms with Crippen molar-refractivity contribution in [1.82, 2.24) is 25.4 Å². The zero-order valence-electron chi connectivity index (χ0n) is 13.7. The number of halogens is 1. The summed E-state index contributed by atoms with van der Waals surface area (Å²) in [5.74, 6) is 2.50. The molecule has 6 heteroatoms. The Balaban J connectivity index is 1.50. The Bertz CT molecular complexity index is 1030. The molecule has 1 unspecified atom stereocenters. The second kappa shape index (κ2) is 5.65. The number of rotatable bonds is 4. The van der Waals surface area contributed by atoms with Gasteiger partial charge in [0.2, 0.25) is 0 Å². The first kappa shape index (κ1) is 14.6. The van der Waals surface area contributed by atoms with Crippen molar-refractivity contribution in [3.05, 3.63) is 52.3 Å². The standard InChI is InChI=1S/C19H18FN5/c20-14-6-3-12(4-7-14)18-15-10-13(5-8-16(15)22-24-18)19-21-17(23-25-19)9-11-1-2-11/h3-4,6-8,10-11,13,22H,1-2,5,9H2,(H,21,23,25). The van der Waals surface area contributed by atoms with Gasteiger partial charge in [-0.15, -0.1) is 0 Å². The van der Waals surface area contributed by atoms with Crippen molar-refractivity contribution in [2.24, 2.45) is 5.92 Å². The SMILES string of the molecule is Fc1ccc(-c2n[nH]c3c2=CC(c2n[nH]c(CC4CC4)n2)CC=3)cc1. The Hall–Kier alpha value is -2.76. The van der Waals surface area contributed by atoms with E-state index in [1.165, 1.54) is 25.0 Å². The maximum atomic E-state index is 13.2. The first-order valence-corrected chi connectivity index (χ1v) is 8.70. The number of nitrogens with one attached hydrogen (secondary N) is 2. The van der Waals surface area contributed by atoms with Gasteiger partial charge in [-0.1, -0.05) is 12.2 Å². The number of nitrogens with zero attached hydrogens (tertiary/aromatic N) is 3. The molecule has 126 valence electrons. The van der Waals surface area contributed by atoms with Gasteiger partial charge in [-0.05, 0) is 49.4 Å². The lowest BCUT2D eigenvalue weighted by atomic mass is 9.97.